The lowest BCUT2D eigenvalue weighted by molar-refractivity contribution is -0.0125. The fourth-order valence-electron chi connectivity index (χ4n) is 1.20. The summed E-state index contributed by atoms with van der Waals surface area (Å²) in [5, 5.41) is 0. The van der Waals surface area contributed by atoms with Gasteiger partial charge in [-0.25, -0.2) is 8.78 Å². The zero-order valence-corrected chi connectivity index (χ0v) is 10.2. The largest absolute Gasteiger partial charge is 0.306 e. The van der Waals surface area contributed by atoms with Crippen molar-refractivity contribution in [3.63, 3.8) is 0 Å². The van der Waals surface area contributed by atoms with Crippen LogP contribution in [0.4, 0.5) is 8.78 Å². The Morgan fingerprint density at radius 2 is 1.43 bits per heavy atom. The molecule has 14 heavy (non-hydrogen) atoms. The number of hydrogen-bond acceptors (Lipinski definition) is 1. The zero-order chi connectivity index (χ0) is 11.6. The van der Waals surface area contributed by atoms with E-state index in [2.05, 4.69) is 0 Å². The highest BCUT2D eigenvalue weighted by Crippen LogP contribution is 2.26. The Labute approximate surface area is 87.5 Å². The number of rotatable bonds is 0. The highest BCUT2D eigenvalue weighted by atomic mass is 19.3. The first-order valence-electron chi connectivity index (χ1n) is 5.66. The average molecular weight is 209 g/mol. The van der Waals surface area contributed by atoms with Gasteiger partial charge < -0.3 is 4.90 Å². The molecule has 0 aromatic rings. The molecule has 1 aliphatic rings. The molecule has 1 saturated heterocycles. The molecule has 1 fully saturated rings. The molecule has 0 aliphatic carbocycles. The highest BCUT2D eigenvalue weighted by Gasteiger charge is 2.30. The van der Waals surface area contributed by atoms with E-state index in [4.69, 9.17) is 0 Å². The zero-order valence-electron chi connectivity index (χ0n) is 10.2. The molecule has 1 heterocycles. The van der Waals surface area contributed by atoms with Crippen LogP contribution >= 0.6 is 0 Å². The SMILES string of the molecule is CC.CC.CN1CCCC(F)(F)CC1. The van der Waals surface area contributed by atoms with Crippen molar-refractivity contribution >= 4 is 0 Å². The van der Waals surface area contributed by atoms with Gasteiger partial charge in [-0.05, 0) is 20.0 Å². The number of likely N-dealkylation sites (tertiary alicyclic amines) is 1. The van der Waals surface area contributed by atoms with Crippen molar-refractivity contribution in [1.29, 1.82) is 0 Å². The molecule has 0 bridgehead atoms. The molecule has 0 atom stereocenters. The van der Waals surface area contributed by atoms with Crippen molar-refractivity contribution in [3.05, 3.63) is 0 Å². The fourth-order valence-corrected chi connectivity index (χ4v) is 1.20. The van der Waals surface area contributed by atoms with Gasteiger partial charge in [-0.2, -0.15) is 0 Å². The van der Waals surface area contributed by atoms with Crippen molar-refractivity contribution < 1.29 is 8.78 Å². The fraction of sp³-hybridized carbons (Fsp3) is 1.00. The summed E-state index contributed by atoms with van der Waals surface area (Å²) in [4.78, 5) is 1.96. The highest BCUT2D eigenvalue weighted by molar-refractivity contribution is 4.72. The third kappa shape index (κ3) is 8.42. The molecule has 0 aromatic carbocycles. The number of hydrogen-bond donors (Lipinski definition) is 0. The van der Waals surface area contributed by atoms with Crippen molar-refractivity contribution in [2.24, 2.45) is 0 Å². The van der Waals surface area contributed by atoms with Gasteiger partial charge in [0.05, 0.1) is 0 Å². The molecular formula is C11H25F2N. The quantitative estimate of drug-likeness (QED) is 0.586. The molecule has 1 aliphatic heterocycles. The molecule has 1 rings (SSSR count). The van der Waals surface area contributed by atoms with E-state index in [1.165, 1.54) is 0 Å². The first-order chi connectivity index (χ1) is 6.60. The Kier molecular flexibility index (Phi) is 10.9. The first-order valence-corrected chi connectivity index (χ1v) is 5.66. The summed E-state index contributed by atoms with van der Waals surface area (Å²) in [6.07, 6.45) is 0.727. The topological polar surface area (TPSA) is 3.24 Å². The van der Waals surface area contributed by atoms with Gasteiger partial charge in [0, 0.05) is 19.4 Å². The number of alkyl halides is 2. The minimum absolute atomic E-state index is 0.0312. The van der Waals surface area contributed by atoms with Crippen LogP contribution in [0.25, 0.3) is 0 Å². The maximum absolute atomic E-state index is 12.6. The molecule has 0 radical (unpaired) electrons. The van der Waals surface area contributed by atoms with E-state index in [0.29, 0.717) is 13.0 Å². The molecule has 88 valence electrons. The molecule has 0 amide bonds. The van der Waals surface area contributed by atoms with Gasteiger partial charge >= 0.3 is 0 Å². The predicted molar refractivity (Wildman–Crippen MR) is 59.0 cm³/mol. The van der Waals surface area contributed by atoms with Crippen LogP contribution in [0.2, 0.25) is 0 Å². The van der Waals surface area contributed by atoms with Gasteiger partial charge in [-0.15, -0.1) is 0 Å². The summed E-state index contributed by atoms with van der Waals surface area (Å²) >= 11 is 0. The van der Waals surface area contributed by atoms with Crippen molar-refractivity contribution in [2.45, 2.75) is 52.9 Å². The van der Waals surface area contributed by atoms with Gasteiger partial charge in [0.1, 0.15) is 0 Å². The van der Waals surface area contributed by atoms with Crippen LogP contribution in [0.3, 0.4) is 0 Å². The molecule has 1 nitrogen and oxygen atoms in total. The Balaban J connectivity index is 0. The van der Waals surface area contributed by atoms with Crippen LogP contribution in [0.1, 0.15) is 47.0 Å². The second kappa shape index (κ2) is 9.38. The summed E-state index contributed by atoms with van der Waals surface area (Å²) in [7, 11) is 1.89. The van der Waals surface area contributed by atoms with Crippen LogP contribution < -0.4 is 0 Å². The first kappa shape index (κ1) is 16.3. The van der Waals surface area contributed by atoms with E-state index in [9.17, 15) is 8.78 Å². The van der Waals surface area contributed by atoms with Crippen LogP contribution in [0, 0.1) is 0 Å². The summed E-state index contributed by atoms with van der Waals surface area (Å²) in [6.45, 7) is 9.35. The van der Waals surface area contributed by atoms with Crippen molar-refractivity contribution in [3.8, 4) is 0 Å². The second-order valence-electron chi connectivity index (χ2n) is 3.01. The Morgan fingerprint density at radius 1 is 0.929 bits per heavy atom. The monoisotopic (exact) mass is 209 g/mol. The molecule has 0 aromatic heterocycles. The van der Waals surface area contributed by atoms with Crippen LogP contribution in [-0.4, -0.2) is 31.0 Å². The molecule has 3 heteroatoms. The minimum atomic E-state index is -2.40. The second-order valence-corrected chi connectivity index (χ2v) is 3.01. The van der Waals surface area contributed by atoms with Gasteiger partial charge in [0.2, 0.25) is 5.92 Å². The molecule has 0 spiro atoms. The molecule has 0 unspecified atom stereocenters. The van der Waals surface area contributed by atoms with Crippen molar-refractivity contribution in [1.82, 2.24) is 4.90 Å². The van der Waals surface area contributed by atoms with Gasteiger partial charge in [0.15, 0.2) is 0 Å². The van der Waals surface area contributed by atoms with E-state index in [1.807, 2.05) is 39.6 Å². The number of halogens is 2. The Hall–Kier alpha value is -0.180. The van der Waals surface area contributed by atoms with Gasteiger partial charge in [0.25, 0.3) is 0 Å². The molecule has 0 N–H and O–H groups in total. The van der Waals surface area contributed by atoms with E-state index < -0.39 is 5.92 Å². The van der Waals surface area contributed by atoms with E-state index in [-0.39, 0.29) is 12.8 Å². The molecule has 0 saturated carbocycles. The lowest BCUT2D eigenvalue weighted by atomic mass is 10.1. The summed E-state index contributed by atoms with van der Waals surface area (Å²) in [5.41, 5.74) is 0. The normalized spacial score (nSPS) is 20.8. The Morgan fingerprint density at radius 3 is 1.93 bits per heavy atom. The van der Waals surface area contributed by atoms with Gasteiger partial charge in [-0.1, -0.05) is 27.7 Å². The minimum Gasteiger partial charge on any atom is -0.306 e. The van der Waals surface area contributed by atoms with Gasteiger partial charge in [-0.3, -0.25) is 0 Å². The third-order valence-corrected chi connectivity index (χ3v) is 1.94. The lowest BCUT2D eigenvalue weighted by Gasteiger charge is -2.13. The van der Waals surface area contributed by atoms with Crippen LogP contribution in [-0.2, 0) is 0 Å². The molecular weight excluding hydrogens is 184 g/mol. The Bertz CT molecular complexity index is 116. The van der Waals surface area contributed by atoms with Crippen LogP contribution in [0.5, 0.6) is 0 Å². The summed E-state index contributed by atoms with van der Waals surface area (Å²) in [6, 6.07) is 0. The maximum Gasteiger partial charge on any atom is 0.249 e. The third-order valence-electron chi connectivity index (χ3n) is 1.94. The summed E-state index contributed by atoms with van der Waals surface area (Å²) < 4.78 is 25.2. The average Bonchev–Trinajstić information content (AvgIpc) is 2.35. The standard InChI is InChI=1S/C7H13F2N.2C2H6/c1-10-5-2-3-7(8,9)4-6-10;2*1-2/h2-6H2,1H3;2*1-2H3. The van der Waals surface area contributed by atoms with E-state index in [0.717, 1.165) is 6.54 Å². The smallest absolute Gasteiger partial charge is 0.249 e. The lowest BCUT2D eigenvalue weighted by Crippen LogP contribution is -2.21. The van der Waals surface area contributed by atoms with Crippen molar-refractivity contribution in [2.75, 3.05) is 20.1 Å². The van der Waals surface area contributed by atoms with E-state index >= 15 is 0 Å². The number of nitrogens with zero attached hydrogens (tertiary/aromatic N) is 1. The van der Waals surface area contributed by atoms with E-state index in [1.54, 1.807) is 0 Å². The predicted octanol–water partition coefficient (Wildman–Crippen LogP) is 3.79. The van der Waals surface area contributed by atoms with Crippen LogP contribution in [0.15, 0.2) is 0 Å². The summed E-state index contributed by atoms with van der Waals surface area (Å²) in [5.74, 6) is -2.40. The maximum atomic E-state index is 12.6.